The predicted molar refractivity (Wildman–Crippen MR) is 78.8 cm³/mol. The van der Waals surface area contributed by atoms with Crippen LogP contribution in [0.4, 0.5) is 4.39 Å². The molecule has 1 N–H and O–H groups in total. The molecule has 1 aliphatic carbocycles. The van der Waals surface area contributed by atoms with Crippen LogP contribution in [-0.4, -0.2) is 19.9 Å². The van der Waals surface area contributed by atoms with Crippen LogP contribution in [0.15, 0.2) is 17.0 Å². The molecule has 1 aromatic rings. The van der Waals surface area contributed by atoms with Crippen molar-refractivity contribution in [3.63, 3.8) is 0 Å². The molecule has 8 heteroatoms. The van der Waals surface area contributed by atoms with Crippen LogP contribution in [0.2, 0.25) is 5.02 Å². The predicted octanol–water partition coefficient (Wildman–Crippen LogP) is 3.47. The molecule has 2 rings (SSSR count). The van der Waals surface area contributed by atoms with Gasteiger partial charge in [-0.25, -0.2) is 12.8 Å². The van der Waals surface area contributed by atoms with Gasteiger partial charge in [-0.15, -0.1) is 0 Å². The summed E-state index contributed by atoms with van der Waals surface area (Å²) in [6.07, 6.45) is 3.42. The maximum Gasteiger partial charge on any atom is 0.261 e. The first-order valence-corrected chi connectivity index (χ1v) is 9.13. The number of nitrogens with one attached hydrogen (secondary N) is 1. The van der Waals surface area contributed by atoms with E-state index in [0.29, 0.717) is 6.07 Å². The van der Waals surface area contributed by atoms with Crippen molar-refractivity contribution < 1.29 is 17.6 Å². The Kier molecular flexibility index (Phi) is 4.52. The van der Waals surface area contributed by atoms with Crippen molar-refractivity contribution in [2.45, 2.75) is 43.0 Å². The van der Waals surface area contributed by atoms with Gasteiger partial charge in [-0.1, -0.05) is 18.5 Å². The van der Waals surface area contributed by atoms with Gasteiger partial charge in [-0.05, 0) is 37.8 Å². The summed E-state index contributed by atoms with van der Waals surface area (Å²) in [6, 6.07) is 1.69. The average Bonchev–Trinajstić information content (AvgIpc) is 2.35. The van der Waals surface area contributed by atoms with E-state index in [1.54, 1.807) is 0 Å². The largest absolute Gasteiger partial charge is 0.347 e. The molecule has 1 fully saturated rings. The standard InChI is InChI=1S/C13H14Cl2FNO3S/c1-2-13(4-3-5-13)17-12(18)9-6-8(21(15,19)20)7-10(16)11(9)14/h6-7H,2-5H2,1H3,(H,17,18). The lowest BCUT2D eigenvalue weighted by molar-refractivity contribution is 0.0820. The Balaban J connectivity index is 2.39. The van der Waals surface area contributed by atoms with Crippen molar-refractivity contribution in [2.75, 3.05) is 0 Å². The van der Waals surface area contributed by atoms with Crippen molar-refractivity contribution in [1.29, 1.82) is 0 Å². The Hall–Kier alpha value is -0.850. The Morgan fingerprint density at radius 2 is 2.05 bits per heavy atom. The highest BCUT2D eigenvalue weighted by atomic mass is 35.7. The smallest absolute Gasteiger partial charge is 0.261 e. The van der Waals surface area contributed by atoms with Crippen LogP contribution in [0, 0.1) is 5.82 Å². The van der Waals surface area contributed by atoms with Crippen LogP contribution in [0.3, 0.4) is 0 Å². The van der Waals surface area contributed by atoms with Gasteiger partial charge >= 0.3 is 0 Å². The zero-order valence-electron chi connectivity index (χ0n) is 11.3. The highest BCUT2D eigenvalue weighted by molar-refractivity contribution is 8.13. The van der Waals surface area contributed by atoms with Crippen LogP contribution in [0.25, 0.3) is 0 Å². The van der Waals surface area contributed by atoms with E-state index in [1.165, 1.54) is 0 Å². The van der Waals surface area contributed by atoms with E-state index < -0.39 is 30.7 Å². The molecule has 0 saturated heterocycles. The summed E-state index contributed by atoms with van der Waals surface area (Å²) < 4.78 is 36.3. The van der Waals surface area contributed by atoms with Gasteiger partial charge in [0.25, 0.3) is 15.0 Å². The molecule has 0 aliphatic heterocycles. The van der Waals surface area contributed by atoms with Crippen LogP contribution in [0.5, 0.6) is 0 Å². The molecule has 1 amide bonds. The third-order valence-electron chi connectivity index (χ3n) is 3.89. The van der Waals surface area contributed by atoms with E-state index in [1.807, 2.05) is 6.92 Å². The highest BCUT2D eigenvalue weighted by Gasteiger charge is 2.37. The third-order valence-corrected chi connectivity index (χ3v) is 5.61. The van der Waals surface area contributed by atoms with Crippen molar-refractivity contribution in [3.8, 4) is 0 Å². The van der Waals surface area contributed by atoms with Gasteiger partial charge in [0, 0.05) is 16.2 Å². The van der Waals surface area contributed by atoms with Crippen molar-refractivity contribution in [1.82, 2.24) is 5.32 Å². The first-order chi connectivity index (χ1) is 9.68. The number of benzene rings is 1. The van der Waals surface area contributed by atoms with E-state index in [-0.39, 0.29) is 11.1 Å². The van der Waals surface area contributed by atoms with E-state index in [2.05, 4.69) is 5.32 Å². The van der Waals surface area contributed by atoms with Gasteiger partial charge < -0.3 is 5.32 Å². The topological polar surface area (TPSA) is 63.2 Å². The zero-order chi connectivity index (χ0) is 15.8. The van der Waals surface area contributed by atoms with E-state index in [9.17, 15) is 17.6 Å². The summed E-state index contributed by atoms with van der Waals surface area (Å²) in [6.45, 7) is 1.95. The first-order valence-electron chi connectivity index (χ1n) is 6.45. The molecule has 0 bridgehead atoms. The SMILES string of the molecule is CCC1(NC(=O)c2cc(S(=O)(=O)Cl)cc(F)c2Cl)CCC1. The molecule has 0 atom stereocenters. The first kappa shape index (κ1) is 16.5. The van der Waals surface area contributed by atoms with Gasteiger partial charge in [0.15, 0.2) is 0 Å². The summed E-state index contributed by atoms with van der Waals surface area (Å²) in [7, 11) is 1.04. The molecule has 1 aromatic carbocycles. The van der Waals surface area contributed by atoms with Crippen LogP contribution < -0.4 is 5.32 Å². The molecular weight excluding hydrogens is 340 g/mol. The quantitative estimate of drug-likeness (QED) is 0.843. The Bertz CT molecular complexity index is 681. The van der Waals surface area contributed by atoms with Crippen molar-refractivity contribution >= 4 is 37.2 Å². The zero-order valence-corrected chi connectivity index (χ0v) is 13.6. The molecule has 1 saturated carbocycles. The van der Waals surface area contributed by atoms with Crippen LogP contribution >= 0.6 is 22.3 Å². The molecule has 4 nitrogen and oxygen atoms in total. The number of rotatable bonds is 4. The summed E-state index contributed by atoms with van der Waals surface area (Å²) in [5.41, 5.74) is -0.539. The lowest BCUT2D eigenvalue weighted by Crippen LogP contribution is -2.53. The molecule has 1 aliphatic rings. The fraction of sp³-hybridized carbons (Fsp3) is 0.462. The maximum atomic E-state index is 13.7. The summed E-state index contributed by atoms with van der Waals surface area (Å²) in [5, 5.41) is 2.40. The Morgan fingerprint density at radius 3 is 2.48 bits per heavy atom. The van der Waals surface area contributed by atoms with Gasteiger partial charge in [-0.2, -0.15) is 0 Å². The van der Waals surface area contributed by atoms with E-state index in [0.717, 1.165) is 31.7 Å². The second kappa shape index (κ2) is 5.74. The van der Waals surface area contributed by atoms with E-state index in [4.69, 9.17) is 22.3 Å². The number of hydrogen-bond acceptors (Lipinski definition) is 3. The monoisotopic (exact) mass is 353 g/mol. The fourth-order valence-corrected chi connectivity index (χ4v) is 3.31. The fourth-order valence-electron chi connectivity index (χ4n) is 2.35. The van der Waals surface area contributed by atoms with Crippen molar-refractivity contribution in [3.05, 3.63) is 28.5 Å². The molecule has 0 unspecified atom stereocenters. The maximum absolute atomic E-state index is 13.7. The average molecular weight is 354 g/mol. The van der Waals surface area contributed by atoms with Crippen LogP contribution in [-0.2, 0) is 9.05 Å². The lowest BCUT2D eigenvalue weighted by atomic mass is 9.74. The molecule has 0 radical (unpaired) electrons. The van der Waals surface area contributed by atoms with Gasteiger partial charge in [0.2, 0.25) is 0 Å². The second-order valence-electron chi connectivity index (χ2n) is 5.15. The molecular formula is C13H14Cl2FNO3S. The van der Waals surface area contributed by atoms with Crippen molar-refractivity contribution in [2.24, 2.45) is 0 Å². The minimum Gasteiger partial charge on any atom is -0.347 e. The third kappa shape index (κ3) is 3.33. The molecule has 0 aromatic heterocycles. The van der Waals surface area contributed by atoms with E-state index >= 15 is 0 Å². The lowest BCUT2D eigenvalue weighted by Gasteiger charge is -2.42. The second-order valence-corrected chi connectivity index (χ2v) is 8.09. The molecule has 0 spiro atoms. The summed E-state index contributed by atoms with van der Waals surface area (Å²) in [4.78, 5) is 11.8. The van der Waals surface area contributed by atoms with Gasteiger partial charge in [0.05, 0.1) is 15.5 Å². The number of amides is 1. The normalized spacial score (nSPS) is 17.1. The summed E-state index contributed by atoms with van der Waals surface area (Å²) >= 11 is 5.77. The molecule has 21 heavy (non-hydrogen) atoms. The minimum atomic E-state index is -4.15. The highest BCUT2D eigenvalue weighted by Crippen LogP contribution is 2.35. The minimum absolute atomic E-state index is 0.226. The Morgan fingerprint density at radius 1 is 1.43 bits per heavy atom. The number of halogens is 3. The van der Waals surface area contributed by atoms with Gasteiger partial charge in [-0.3, -0.25) is 4.79 Å². The number of carbonyl (C=O) groups is 1. The number of carbonyl (C=O) groups excluding carboxylic acids is 1. The van der Waals surface area contributed by atoms with Gasteiger partial charge in [0.1, 0.15) is 5.82 Å². The molecule has 0 heterocycles. The summed E-state index contributed by atoms with van der Waals surface area (Å²) in [5.74, 6) is -1.59. The number of hydrogen-bond donors (Lipinski definition) is 1. The Labute approximate surface area is 132 Å². The van der Waals surface area contributed by atoms with Crippen LogP contribution in [0.1, 0.15) is 43.0 Å². The molecule has 116 valence electrons.